The molecule has 1 fully saturated rings. The van der Waals surface area contributed by atoms with E-state index in [9.17, 15) is 0 Å². The largest absolute Gasteiger partial charge is 0.375 e. The van der Waals surface area contributed by atoms with Crippen molar-refractivity contribution in [3.8, 4) is 0 Å². The molecule has 2 nitrogen and oxygen atoms in total. The van der Waals surface area contributed by atoms with Gasteiger partial charge in [-0.15, -0.1) is 0 Å². The van der Waals surface area contributed by atoms with Crippen LogP contribution in [0.3, 0.4) is 0 Å². The number of ether oxygens (including phenoxy) is 1. The van der Waals surface area contributed by atoms with E-state index >= 15 is 0 Å². The molecule has 1 N–H and O–H groups in total. The number of hydrogen-bond donors (Lipinski definition) is 1. The maximum atomic E-state index is 5.78. The van der Waals surface area contributed by atoms with Crippen molar-refractivity contribution < 1.29 is 4.74 Å². The molecule has 88 valence electrons. The standard InChI is InChI=1S/C14H21NO/c1-12-6-2-3-7-13(12)10-16-11-14-8-4-5-9-15-14/h2-3,6-7,14-15H,4-5,8-11H2,1H3. The van der Waals surface area contributed by atoms with Crippen molar-refractivity contribution in [1.29, 1.82) is 0 Å². The van der Waals surface area contributed by atoms with Crippen molar-refractivity contribution in [3.05, 3.63) is 35.4 Å². The predicted octanol–water partition coefficient (Wildman–Crippen LogP) is 2.65. The third-order valence-electron chi connectivity index (χ3n) is 3.25. The van der Waals surface area contributed by atoms with Crippen molar-refractivity contribution in [3.63, 3.8) is 0 Å². The Labute approximate surface area is 98.0 Å². The molecule has 1 heterocycles. The van der Waals surface area contributed by atoms with E-state index in [1.807, 2.05) is 0 Å². The van der Waals surface area contributed by atoms with Crippen LogP contribution in [0.15, 0.2) is 24.3 Å². The number of rotatable bonds is 4. The van der Waals surface area contributed by atoms with E-state index in [1.165, 1.54) is 30.4 Å². The fraction of sp³-hybridized carbons (Fsp3) is 0.571. The van der Waals surface area contributed by atoms with E-state index < -0.39 is 0 Å². The summed E-state index contributed by atoms with van der Waals surface area (Å²) in [5, 5.41) is 3.49. The minimum Gasteiger partial charge on any atom is -0.375 e. The van der Waals surface area contributed by atoms with Crippen LogP contribution in [0.5, 0.6) is 0 Å². The van der Waals surface area contributed by atoms with Crippen molar-refractivity contribution in [1.82, 2.24) is 5.32 Å². The third kappa shape index (κ3) is 3.32. The molecule has 0 saturated carbocycles. The van der Waals surface area contributed by atoms with Crippen molar-refractivity contribution in [2.45, 2.75) is 38.8 Å². The van der Waals surface area contributed by atoms with Crippen LogP contribution in [0.25, 0.3) is 0 Å². The molecule has 1 aliphatic rings. The SMILES string of the molecule is Cc1ccccc1COCC1CCCCN1. The summed E-state index contributed by atoms with van der Waals surface area (Å²) < 4.78 is 5.78. The Morgan fingerprint density at radius 1 is 1.31 bits per heavy atom. The summed E-state index contributed by atoms with van der Waals surface area (Å²) in [5.41, 5.74) is 2.62. The molecule has 0 bridgehead atoms. The van der Waals surface area contributed by atoms with E-state index in [0.29, 0.717) is 6.04 Å². The number of hydrogen-bond acceptors (Lipinski definition) is 2. The summed E-state index contributed by atoms with van der Waals surface area (Å²) in [5.74, 6) is 0. The Kier molecular flexibility index (Phi) is 4.37. The highest BCUT2D eigenvalue weighted by molar-refractivity contribution is 5.24. The van der Waals surface area contributed by atoms with Gasteiger partial charge in [0, 0.05) is 6.04 Å². The Bertz CT molecular complexity index is 318. The maximum absolute atomic E-state index is 5.78. The van der Waals surface area contributed by atoms with Gasteiger partial charge in [-0.1, -0.05) is 30.7 Å². The van der Waals surface area contributed by atoms with Gasteiger partial charge >= 0.3 is 0 Å². The van der Waals surface area contributed by atoms with Gasteiger partial charge in [0.05, 0.1) is 13.2 Å². The summed E-state index contributed by atoms with van der Waals surface area (Å²) in [4.78, 5) is 0. The molecule has 1 aromatic carbocycles. The summed E-state index contributed by atoms with van der Waals surface area (Å²) >= 11 is 0. The second-order valence-electron chi connectivity index (χ2n) is 4.59. The molecule has 0 aliphatic carbocycles. The maximum Gasteiger partial charge on any atom is 0.0720 e. The Hall–Kier alpha value is -0.860. The molecule has 0 spiro atoms. The second-order valence-corrected chi connectivity index (χ2v) is 4.59. The molecule has 2 heteroatoms. The zero-order valence-corrected chi connectivity index (χ0v) is 10.0. The first-order valence-corrected chi connectivity index (χ1v) is 6.22. The van der Waals surface area contributed by atoms with Gasteiger partial charge < -0.3 is 10.1 Å². The summed E-state index contributed by atoms with van der Waals surface area (Å²) in [6.07, 6.45) is 3.91. The van der Waals surface area contributed by atoms with E-state index in [0.717, 1.165) is 19.8 Å². The molecule has 0 radical (unpaired) electrons. The van der Waals surface area contributed by atoms with Crippen molar-refractivity contribution >= 4 is 0 Å². The fourth-order valence-corrected chi connectivity index (χ4v) is 2.15. The van der Waals surface area contributed by atoms with Crippen LogP contribution in [-0.2, 0) is 11.3 Å². The fourth-order valence-electron chi connectivity index (χ4n) is 2.15. The molecule has 1 unspecified atom stereocenters. The first-order chi connectivity index (χ1) is 7.86. The molecule has 1 aliphatic heterocycles. The van der Waals surface area contributed by atoms with E-state index in [4.69, 9.17) is 4.74 Å². The Morgan fingerprint density at radius 3 is 2.94 bits per heavy atom. The number of nitrogens with one attached hydrogen (secondary N) is 1. The molecular formula is C14H21NO. The Morgan fingerprint density at radius 2 is 2.19 bits per heavy atom. The lowest BCUT2D eigenvalue weighted by Gasteiger charge is -2.23. The minimum atomic E-state index is 0.567. The van der Waals surface area contributed by atoms with Gasteiger partial charge in [-0.25, -0.2) is 0 Å². The highest BCUT2D eigenvalue weighted by Crippen LogP contribution is 2.11. The monoisotopic (exact) mass is 219 g/mol. The van der Waals surface area contributed by atoms with E-state index in [-0.39, 0.29) is 0 Å². The lowest BCUT2D eigenvalue weighted by atomic mass is 10.1. The molecular weight excluding hydrogens is 198 g/mol. The Balaban J connectivity index is 1.73. The first kappa shape index (κ1) is 11.6. The van der Waals surface area contributed by atoms with Gasteiger partial charge in [0.25, 0.3) is 0 Å². The van der Waals surface area contributed by atoms with Gasteiger partial charge in [-0.05, 0) is 37.4 Å². The zero-order valence-electron chi connectivity index (χ0n) is 10.0. The molecule has 2 rings (SSSR count). The second kappa shape index (κ2) is 6.02. The lowest BCUT2D eigenvalue weighted by molar-refractivity contribution is 0.0908. The molecule has 1 atom stereocenters. The van der Waals surface area contributed by atoms with Crippen molar-refractivity contribution in [2.24, 2.45) is 0 Å². The number of benzene rings is 1. The topological polar surface area (TPSA) is 21.3 Å². The highest BCUT2D eigenvalue weighted by Gasteiger charge is 2.12. The van der Waals surface area contributed by atoms with Crippen LogP contribution in [0, 0.1) is 6.92 Å². The number of aryl methyl sites for hydroxylation is 1. The highest BCUT2D eigenvalue weighted by atomic mass is 16.5. The summed E-state index contributed by atoms with van der Waals surface area (Å²) in [7, 11) is 0. The van der Waals surface area contributed by atoms with Gasteiger partial charge in [0.1, 0.15) is 0 Å². The van der Waals surface area contributed by atoms with Gasteiger partial charge in [0.15, 0.2) is 0 Å². The van der Waals surface area contributed by atoms with Crippen LogP contribution in [0.1, 0.15) is 30.4 Å². The van der Waals surface area contributed by atoms with Crippen molar-refractivity contribution in [2.75, 3.05) is 13.2 Å². The lowest BCUT2D eigenvalue weighted by Crippen LogP contribution is -2.37. The smallest absolute Gasteiger partial charge is 0.0720 e. The third-order valence-corrected chi connectivity index (χ3v) is 3.25. The molecule has 16 heavy (non-hydrogen) atoms. The normalized spacial score (nSPS) is 20.9. The minimum absolute atomic E-state index is 0.567. The van der Waals surface area contributed by atoms with Crippen LogP contribution in [-0.4, -0.2) is 19.2 Å². The molecule has 0 aromatic heterocycles. The van der Waals surface area contributed by atoms with E-state index in [1.54, 1.807) is 0 Å². The average molecular weight is 219 g/mol. The molecule has 1 saturated heterocycles. The van der Waals surface area contributed by atoms with Gasteiger partial charge in [-0.2, -0.15) is 0 Å². The zero-order chi connectivity index (χ0) is 11.2. The molecule has 0 amide bonds. The van der Waals surface area contributed by atoms with Gasteiger partial charge in [0.2, 0.25) is 0 Å². The molecule has 1 aromatic rings. The van der Waals surface area contributed by atoms with Crippen LogP contribution in [0.2, 0.25) is 0 Å². The van der Waals surface area contributed by atoms with Gasteiger partial charge in [-0.3, -0.25) is 0 Å². The van der Waals surface area contributed by atoms with E-state index in [2.05, 4.69) is 36.5 Å². The number of piperidine rings is 1. The summed E-state index contributed by atoms with van der Waals surface area (Å²) in [6.45, 7) is 4.87. The quantitative estimate of drug-likeness (QED) is 0.840. The first-order valence-electron chi connectivity index (χ1n) is 6.22. The summed E-state index contributed by atoms with van der Waals surface area (Å²) in [6, 6.07) is 8.99. The van der Waals surface area contributed by atoms with Crippen LogP contribution >= 0.6 is 0 Å². The average Bonchev–Trinajstić information content (AvgIpc) is 2.33. The predicted molar refractivity (Wildman–Crippen MR) is 66.5 cm³/mol. The van der Waals surface area contributed by atoms with Crippen LogP contribution < -0.4 is 5.32 Å². The van der Waals surface area contributed by atoms with Crippen LogP contribution in [0.4, 0.5) is 0 Å².